The number of carbonyl (C=O) groups excluding carboxylic acids is 1. The molecule has 0 aromatic heterocycles. The molecule has 0 aliphatic rings. The number of amides is 1. The zero-order valence-electron chi connectivity index (χ0n) is 11.8. The second-order valence-corrected chi connectivity index (χ2v) is 4.73. The van der Waals surface area contributed by atoms with Crippen LogP contribution in [0.1, 0.15) is 24.9 Å². The molecular formula is C17H17N3O. The van der Waals surface area contributed by atoms with E-state index in [1.807, 2.05) is 54.6 Å². The largest absolute Gasteiger partial charge is 0.377 e. The van der Waals surface area contributed by atoms with Gasteiger partial charge in [-0.1, -0.05) is 36.4 Å². The smallest absolute Gasteiger partial charge is 0.221 e. The third kappa shape index (κ3) is 4.36. The fourth-order valence-corrected chi connectivity index (χ4v) is 2.12. The minimum Gasteiger partial charge on any atom is -0.377 e. The molecule has 2 aromatic carbocycles. The van der Waals surface area contributed by atoms with Crippen LogP contribution in [0.5, 0.6) is 0 Å². The van der Waals surface area contributed by atoms with Crippen LogP contribution in [0.4, 0.5) is 11.4 Å². The van der Waals surface area contributed by atoms with Crippen molar-refractivity contribution in [3.63, 3.8) is 0 Å². The Morgan fingerprint density at radius 2 is 1.86 bits per heavy atom. The van der Waals surface area contributed by atoms with Gasteiger partial charge in [0.15, 0.2) is 0 Å². The van der Waals surface area contributed by atoms with Crippen molar-refractivity contribution in [3.8, 4) is 6.07 Å². The van der Waals surface area contributed by atoms with Gasteiger partial charge in [-0.05, 0) is 23.8 Å². The Kier molecular flexibility index (Phi) is 4.94. The zero-order chi connectivity index (χ0) is 15.1. The van der Waals surface area contributed by atoms with E-state index in [0.29, 0.717) is 6.42 Å². The molecule has 21 heavy (non-hydrogen) atoms. The molecule has 2 aromatic rings. The molecule has 0 spiro atoms. The maximum atomic E-state index is 11.1. The van der Waals surface area contributed by atoms with E-state index in [9.17, 15) is 4.79 Å². The number of anilines is 2. The fourth-order valence-electron chi connectivity index (χ4n) is 2.12. The molecule has 106 valence electrons. The number of nitriles is 1. The highest BCUT2D eigenvalue weighted by Crippen LogP contribution is 2.24. The molecule has 2 N–H and O–H groups in total. The molecular weight excluding hydrogens is 262 g/mol. The van der Waals surface area contributed by atoms with Gasteiger partial charge in [0.25, 0.3) is 0 Å². The molecule has 0 saturated heterocycles. The lowest BCUT2D eigenvalue weighted by Gasteiger charge is -2.18. The normalized spacial score (nSPS) is 11.2. The number of rotatable bonds is 5. The summed E-state index contributed by atoms with van der Waals surface area (Å²) in [6, 6.07) is 19.4. The van der Waals surface area contributed by atoms with Crippen molar-refractivity contribution >= 4 is 17.3 Å². The Morgan fingerprint density at radius 3 is 2.52 bits per heavy atom. The Morgan fingerprint density at radius 1 is 1.14 bits per heavy atom. The molecule has 2 rings (SSSR count). The van der Waals surface area contributed by atoms with E-state index in [1.54, 1.807) is 0 Å². The van der Waals surface area contributed by atoms with Crippen molar-refractivity contribution in [2.75, 3.05) is 10.6 Å². The van der Waals surface area contributed by atoms with Crippen LogP contribution >= 0.6 is 0 Å². The summed E-state index contributed by atoms with van der Waals surface area (Å²) in [4.78, 5) is 11.1. The summed E-state index contributed by atoms with van der Waals surface area (Å²) in [5.41, 5.74) is 2.66. The van der Waals surface area contributed by atoms with Gasteiger partial charge in [-0.15, -0.1) is 0 Å². The Hall–Kier alpha value is -2.80. The average molecular weight is 279 g/mol. The van der Waals surface area contributed by atoms with Crippen molar-refractivity contribution in [1.82, 2.24) is 0 Å². The molecule has 0 saturated carbocycles. The van der Waals surface area contributed by atoms with Crippen molar-refractivity contribution in [2.45, 2.75) is 19.4 Å². The van der Waals surface area contributed by atoms with Gasteiger partial charge >= 0.3 is 0 Å². The molecule has 4 nitrogen and oxygen atoms in total. The standard InChI is InChI=1S/C17H17N3O/c1-13(21)19-15-8-5-9-16(12-15)20-17(10-11-18)14-6-3-2-4-7-14/h2-9,12,17,20H,10H2,1H3,(H,19,21). The number of hydrogen-bond donors (Lipinski definition) is 2. The van der Waals surface area contributed by atoms with E-state index in [-0.39, 0.29) is 11.9 Å². The van der Waals surface area contributed by atoms with Crippen molar-refractivity contribution in [3.05, 3.63) is 60.2 Å². The topological polar surface area (TPSA) is 64.9 Å². The summed E-state index contributed by atoms with van der Waals surface area (Å²) in [5, 5.41) is 15.1. The van der Waals surface area contributed by atoms with Gasteiger partial charge in [-0.3, -0.25) is 4.79 Å². The van der Waals surface area contributed by atoms with E-state index in [4.69, 9.17) is 5.26 Å². The van der Waals surface area contributed by atoms with E-state index >= 15 is 0 Å². The van der Waals surface area contributed by atoms with Crippen LogP contribution in [0, 0.1) is 11.3 Å². The Balaban J connectivity index is 2.17. The van der Waals surface area contributed by atoms with Crippen molar-refractivity contribution in [1.29, 1.82) is 5.26 Å². The van der Waals surface area contributed by atoms with Crippen LogP contribution in [0.25, 0.3) is 0 Å². The maximum Gasteiger partial charge on any atom is 0.221 e. The third-order valence-electron chi connectivity index (χ3n) is 3.02. The van der Waals surface area contributed by atoms with E-state index in [1.165, 1.54) is 6.92 Å². The van der Waals surface area contributed by atoms with Crippen LogP contribution in [0.2, 0.25) is 0 Å². The molecule has 1 amide bonds. The maximum absolute atomic E-state index is 11.1. The van der Waals surface area contributed by atoms with Crippen LogP contribution in [0.15, 0.2) is 54.6 Å². The Labute approximate surface area is 124 Å². The summed E-state index contributed by atoms with van der Waals surface area (Å²) >= 11 is 0. The highest BCUT2D eigenvalue weighted by molar-refractivity contribution is 5.89. The molecule has 0 heterocycles. The van der Waals surface area contributed by atoms with E-state index < -0.39 is 0 Å². The van der Waals surface area contributed by atoms with Gasteiger partial charge < -0.3 is 10.6 Å². The molecule has 0 radical (unpaired) electrons. The van der Waals surface area contributed by atoms with Crippen molar-refractivity contribution < 1.29 is 4.79 Å². The van der Waals surface area contributed by atoms with Gasteiger partial charge in [-0.25, -0.2) is 0 Å². The molecule has 1 atom stereocenters. The summed E-state index contributed by atoms with van der Waals surface area (Å²) in [6.07, 6.45) is 0.369. The van der Waals surface area contributed by atoms with Crippen LogP contribution in [0.3, 0.4) is 0 Å². The van der Waals surface area contributed by atoms with Gasteiger partial charge in [0.1, 0.15) is 0 Å². The first-order valence-electron chi connectivity index (χ1n) is 6.75. The number of nitrogens with zero attached hydrogens (tertiary/aromatic N) is 1. The summed E-state index contributed by atoms with van der Waals surface area (Å²) < 4.78 is 0. The van der Waals surface area contributed by atoms with Crippen LogP contribution in [-0.2, 0) is 4.79 Å². The number of benzene rings is 2. The minimum atomic E-state index is -0.108. The molecule has 0 aliphatic heterocycles. The fraction of sp³-hybridized carbons (Fsp3) is 0.176. The predicted molar refractivity (Wildman–Crippen MR) is 83.8 cm³/mol. The summed E-state index contributed by atoms with van der Waals surface area (Å²) in [5.74, 6) is -0.108. The Bertz CT molecular complexity index is 647. The first-order chi connectivity index (χ1) is 10.2. The first-order valence-corrected chi connectivity index (χ1v) is 6.75. The van der Waals surface area contributed by atoms with Gasteiger partial charge in [0.05, 0.1) is 18.5 Å². The number of hydrogen-bond acceptors (Lipinski definition) is 3. The van der Waals surface area contributed by atoms with Crippen LogP contribution in [-0.4, -0.2) is 5.91 Å². The monoisotopic (exact) mass is 279 g/mol. The lowest BCUT2D eigenvalue weighted by Crippen LogP contribution is -2.11. The van der Waals surface area contributed by atoms with Gasteiger partial charge in [0.2, 0.25) is 5.91 Å². The van der Waals surface area contributed by atoms with E-state index in [2.05, 4.69) is 16.7 Å². The number of nitrogens with one attached hydrogen (secondary N) is 2. The highest BCUT2D eigenvalue weighted by Gasteiger charge is 2.10. The SMILES string of the molecule is CC(=O)Nc1cccc(NC(CC#N)c2ccccc2)c1. The predicted octanol–water partition coefficient (Wildman–Crippen LogP) is 3.71. The van der Waals surface area contributed by atoms with Gasteiger partial charge in [0, 0.05) is 18.3 Å². The molecule has 1 unspecified atom stereocenters. The average Bonchev–Trinajstić information content (AvgIpc) is 2.47. The number of carbonyl (C=O) groups is 1. The molecule has 0 aliphatic carbocycles. The summed E-state index contributed by atoms with van der Waals surface area (Å²) in [6.45, 7) is 1.47. The molecule has 4 heteroatoms. The molecule has 0 fully saturated rings. The van der Waals surface area contributed by atoms with Crippen LogP contribution < -0.4 is 10.6 Å². The van der Waals surface area contributed by atoms with E-state index in [0.717, 1.165) is 16.9 Å². The highest BCUT2D eigenvalue weighted by atomic mass is 16.1. The summed E-state index contributed by atoms with van der Waals surface area (Å²) in [7, 11) is 0. The molecule has 0 bridgehead atoms. The quantitative estimate of drug-likeness (QED) is 0.876. The van der Waals surface area contributed by atoms with Crippen molar-refractivity contribution in [2.24, 2.45) is 0 Å². The third-order valence-corrected chi connectivity index (χ3v) is 3.02. The first kappa shape index (κ1) is 14.6. The van der Waals surface area contributed by atoms with Gasteiger partial charge in [-0.2, -0.15) is 5.26 Å². The second-order valence-electron chi connectivity index (χ2n) is 4.73. The lowest BCUT2D eigenvalue weighted by molar-refractivity contribution is -0.114. The lowest BCUT2D eigenvalue weighted by atomic mass is 10.0. The second kappa shape index (κ2) is 7.11. The zero-order valence-corrected chi connectivity index (χ0v) is 11.8. The minimum absolute atomic E-state index is 0.0798.